The van der Waals surface area contributed by atoms with Crippen molar-refractivity contribution in [3.05, 3.63) is 47.7 Å². The minimum Gasteiger partial charge on any atom is -0.323 e. The van der Waals surface area contributed by atoms with Crippen LogP contribution in [-0.2, 0) is 16.6 Å². The summed E-state index contributed by atoms with van der Waals surface area (Å²) in [5.74, 6) is 0.452. The lowest BCUT2D eigenvalue weighted by Crippen LogP contribution is -2.33. The van der Waals surface area contributed by atoms with Crippen molar-refractivity contribution in [1.82, 2.24) is 14.5 Å². The molecule has 0 aliphatic heterocycles. The van der Waals surface area contributed by atoms with Gasteiger partial charge in [-0.25, -0.2) is 13.1 Å². The Hall–Kier alpha value is -1.70. The molecule has 0 saturated heterocycles. The first-order chi connectivity index (χ1) is 10.8. The average molecular weight is 336 g/mol. The molecule has 126 valence electrons. The first kappa shape index (κ1) is 17.7. The molecule has 0 spiro atoms. The van der Waals surface area contributed by atoms with Crippen LogP contribution in [0.3, 0.4) is 0 Å². The number of aryl methyl sites for hydroxylation is 1. The van der Waals surface area contributed by atoms with Gasteiger partial charge in [-0.2, -0.15) is 5.10 Å². The third kappa shape index (κ3) is 4.19. The van der Waals surface area contributed by atoms with Crippen LogP contribution in [0.2, 0.25) is 0 Å². The average Bonchev–Trinajstić information content (AvgIpc) is 3.02. The third-order valence-electron chi connectivity index (χ3n) is 3.78. The molecule has 0 aliphatic carbocycles. The summed E-state index contributed by atoms with van der Waals surface area (Å²) < 4.78 is 28.6. The molecule has 0 bridgehead atoms. The second-order valence-electron chi connectivity index (χ2n) is 5.76. The highest BCUT2D eigenvalue weighted by molar-refractivity contribution is 7.89. The van der Waals surface area contributed by atoms with Crippen molar-refractivity contribution in [3.63, 3.8) is 0 Å². The van der Waals surface area contributed by atoms with Crippen LogP contribution in [0.25, 0.3) is 0 Å². The van der Waals surface area contributed by atoms with Crippen molar-refractivity contribution in [2.24, 2.45) is 5.73 Å². The van der Waals surface area contributed by atoms with Crippen molar-refractivity contribution in [2.45, 2.75) is 44.3 Å². The van der Waals surface area contributed by atoms with E-state index < -0.39 is 16.1 Å². The Morgan fingerprint density at radius 1 is 1.17 bits per heavy atom. The fraction of sp³-hybridized carbons (Fsp3) is 0.438. The zero-order valence-corrected chi connectivity index (χ0v) is 14.5. The molecule has 7 heteroatoms. The normalized spacial score (nSPS) is 13.4. The number of nitrogens with one attached hydrogen (secondary N) is 1. The molecule has 1 aromatic heterocycles. The van der Waals surface area contributed by atoms with Crippen LogP contribution in [-0.4, -0.2) is 24.7 Å². The summed E-state index contributed by atoms with van der Waals surface area (Å²) in [6, 6.07) is 9.04. The van der Waals surface area contributed by atoms with Gasteiger partial charge in [0.05, 0.1) is 6.20 Å². The number of aromatic nitrogens is 2. The highest BCUT2D eigenvalue weighted by Crippen LogP contribution is 2.18. The summed E-state index contributed by atoms with van der Waals surface area (Å²) in [5.41, 5.74) is 8.24. The quantitative estimate of drug-likeness (QED) is 0.809. The van der Waals surface area contributed by atoms with E-state index in [2.05, 4.69) is 23.7 Å². The van der Waals surface area contributed by atoms with Crippen molar-refractivity contribution >= 4 is 10.0 Å². The Balaban J connectivity index is 2.04. The molecule has 3 N–H and O–H groups in total. The van der Waals surface area contributed by atoms with Crippen LogP contribution in [0.4, 0.5) is 0 Å². The molecule has 6 nitrogen and oxygen atoms in total. The summed E-state index contributed by atoms with van der Waals surface area (Å²) >= 11 is 0. The predicted molar refractivity (Wildman–Crippen MR) is 90.5 cm³/mol. The smallest absolute Gasteiger partial charge is 0.257 e. The highest BCUT2D eigenvalue weighted by Gasteiger charge is 2.20. The Labute approximate surface area is 137 Å². The number of rotatable bonds is 7. The molecule has 1 atom stereocenters. The van der Waals surface area contributed by atoms with Crippen LogP contribution in [0.15, 0.2) is 41.6 Å². The predicted octanol–water partition coefficient (Wildman–Crippen LogP) is 2.00. The molecule has 23 heavy (non-hydrogen) atoms. The van der Waals surface area contributed by atoms with Crippen molar-refractivity contribution in [3.8, 4) is 0 Å². The lowest BCUT2D eigenvalue weighted by atomic mass is 9.99. The SMILES string of the molecule is CCn1nccc1S(=O)(=O)NCC(N)c1ccc(C(C)C)cc1. The maximum absolute atomic E-state index is 12.3. The number of hydrogen-bond acceptors (Lipinski definition) is 4. The van der Waals surface area contributed by atoms with Gasteiger partial charge in [0.15, 0.2) is 5.03 Å². The summed E-state index contributed by atoms with van der Waals surface area (Å²) in [5, 5.41) is 4.13. The van der Waals surface area contributed by atoms with Gasteiger partial charge in [-0.3, -0.25) is 4.68 Å². The van der Waals surface area contributed by atoms with E-state index in [1.54, 1.807) is 0 Å². The molecule has 0 aliphatic rings. The summed E-state index contributed by atoms with van der Waals surface area (Å²) in [6.45, 7) is 6.72. The summed E-state index contributed by atoms with van der Waals surface area (Å²) in [4.78, 5) is 0. The molecule has 0 saturated carbocycles. The number of sulfonamides is 1. The topological polar surface area (TPSA) is 90.0 Å². The lowest BCUT2D eigenvalue weighted by Gasteiger charge is -2.15. The van der Waals surface area contributed by atoms with E-state index in [0.29, 0.717) is 12.5 Å². The Morgan fingerprint density at radius 3 is 2.35 bits per heavy atom. The maximum atomic E-state index is 12.3. The van der Waals surface area contributed by atoms with Gasteiger partial charge in [-0.05, 0) is 30.0 Å². The fourth-order valence-electron chi connectivity index (χ4n) is 2.31. The number of nitrogens with zero attached hydrogens (tertiary/aromatic N) is 2. The molecule has 1 heterocycles. The van der Waals surface area contributed by atoms with Gasteiger partial charge in [0.25, 0.3) is 10.0 Å². The Bertz CT molecular complexity index is 736. The summed E-state index contributed by atoms with van der Waals surface area (Å²) in [6.07, 6.45) is 1.47. The molecule has 0 fully saturated rings. The van der Waals surface area contributed by atoms with Crippen LogP contribution in [0.1, 0.15) is 43.9 Å². The molecule has 2 aromatic rings. The van der Waals surface area contributed by atoms with Gasteiger partial charge >= 0.3 is 0 Å². The second-order valence-corrected chi connectivity index (χ2v) is 7.48. The molecule has 0 radical (unpaired) electrons. The van der Waals surface area contributed by atoms with Gasteiger partial charge < -0.3 is 5.73 Å². The second kappa shape index (κ2) is 7.25. The van der Waals surface area contributed by atoms with Crippen LogP contribution in [0.5, 0.6) is 0 Å². The van der Waals surface area contributed by atoms with Gasteiger partial charge in [-0.1, -0.05) is 38.1 Å². The van der Waals surface area contributed by atoms with E-state index in [9.17, 15) is 8.42 Å². The Morgan fingerprint density at radius 2 is 1.78 bits per heavy atom. The van der Waals surface area contributed by atoms with E-state index in [1.165, 1.54) is 22.5 Å². The zero-order chi connectivity index (χ0) is 17.0. The minimum atomic E-state index is -3.61. The molecule has 1 unspecified atom stereocenters. The van der Waals surface area contributed by atoms with Gasteiger partial charge in [0, 0.05) is 19.1 Å². The van der Waals surface area contributed by atoms with Crippen molar-refractivity contribution < 1.29 is 8.42 Å². The number of benzene rings is 1. The minimum absolute atomic E-state index is 0.137. The van der Waals surface area contributed by atoms with Crippen LogP contribution in [0, 0.1) is 0 Å². The van der Waals surface area contributed by atoms with Crippen LogP contribution >= 0.6 is 0 Å². The number of hydrogen-bond donors (Lipinski definition) is 2. The van der Waals surface area contributed by atoms with E-state index in [-0.39, 0.29) is 11.6 Å². The molecule has 1 aromatic carbocycles. The van der Waals surface area contributed by atoms with Gasteiger partial charge in [-0.15, -0.1) is 0 Å². The fourth-order valence-corrected chi connectivity index (χ4v) is 3.55. The van der Waals surface area contributed by atoms with Crippen LogP contribution < -0.4 is 10.5 Å². The molecule has 0 amide bonds. The van der Waals surface area contributed by atoms with E-state index in [1.807, 2.05) is 31.2 Å². The maximum Gasteiger partial charge on any atom is 0.257 e. The first-order valence-electron chi connectivity index (χ1n) is 7.72. The molecular weight excluding hydrogens is 312 g/mol. The standard InChI is InChI=1S/C16H24N4O2S/c1-4-20-16(9-10-18-20)23(21,22)19-11-15(17)14-7-5-13(6-8-14)12(2)3/h5-10,12,15,19H,4,11,17H2,1-3H3. The van der Waals surface area contributed by atoms with E-state index in [4.69, 9.17) is 5.73 Å². The van der Waals surface area contributed by atoms with Crippen molar-refractivity contribution in [1.29, 1.82) is 0 Å². The third-order valence-corrected chi connectivity index (χ3v) is 5.22. The largest absolute Gasteiger partial charge is 0.323 e. The highest BCUT2D eigenvalue weighted by atomic mass is 32.2. The van der Waals surface area contributed by atoms with Gasteiger partial charge in [0.2, 0.25) is 0 Å². The zero-order valence-electron chi connectivity index (χ0n) is 13.7. The molecule has 2 rings (SSSR count). The monoisotopic (exact) mass is 336 g/mol. The molecular formula is C16H24N4O2S. The van der Waals surface area contributed by atoms with Gasteiger partial charge in [0.1, 0.15) is 0 Å². The summed E-state index contributed by atoms with van der Waals surface area (Å²) in [7, 11) is -3.61. The number of nitrogens with two attached hydrogens (primary N) is 1. The van der Waals surface area contributed by atoms with E-state index in [0.717, 1.165) is 5.56 Å². The Kier molecular flexibility index (Phi) is 5.56. The lowest BCUT2D eigenvalue weighted by molar-refractivity contribution is 0.538. The first-order valence-corrected chi connectivity index (χ1v) is 9.20. The van der Waals surface area contributed by atoms with Crippen molar-refractivity contribution in [2.75, 3.05) is 6.54 Å². The van der Waals surface area contributed by atoms with E-state index >= 15 is 0 Å².